The smallest absolute Gasteiger partial charge is 0.603 e. The van der Waals surface area contributed by atoms with Crippen molar-refractivity contribution in [2.45, 2.75) is 4.90 Å². The van der Waals surface area contributed by atoms with Gasteiger partial charge in [-0.05, 0) is 12.1 Å². The van der Waals surface area contributed by atoms with Gasteiger partial charge in [-0.25, -0.2) is 8.42 Å². The zero-order chi connectivity index (χ0) is 10.6. The summed E-state index contributed by atoms with van der Waals surface area (Å²) in [5, 5.41) is 20.2. The maximum Gasteiger partial charge on any atom is 1.00 e. The van der Waals surface area contributed by atoms with Crippen molar-refractivity contribution in [3.63, 3.8) is 0 Å². The Kier molecular flexibility index (Phi) is 5.19. The standard InChI is InChI=1S/C8H6NO4S.Li/c10-9(11)6-7-14(12,13)8-4-2-1-3-5-8;/h1-5,7H;/q-1;+1. The Morgan fingerprint density at radius 3 is 2.20 bits per heavy atom. The van der Waals surface area contributed by atoms with E-state index in [2.05, 4.69) is 0 Å². The van der Waals surface area contributed by atoms with Crippen LogP contribution in [0.3, 0.4) is 0 Å². The predicted molar refractivity (Wildman–Crippen MR) is 50.2 cm³/mol. The van der Waals surface area contributed by atoms with Crippen molar-refractivity contribution in [3.8, 4) is 0 Å². The molecule has 1 aromatic rings. The molecular formula is C8H6LiNO4S. The van der Waals surface area contributed by atoms with E-state index in [1.807, 2.05) is 0 Å². The third-order valence-electron chi connectivity index (χ3n) is 1.39. The maximum absolute atomic E-state index is 11.3. The van der Waals surface area contributed by atoms with Crippen molar-refractivity contribution >= 4 is 15.7 Å². The Balaban J connectivity index is 0.00000196. The van der Waals surface area contributed by atoms with Crippen LogP contribution in [0, 0.1) is 10.4 Å². The summed E-state index contributed by atoms with van der Waals surface area (Å²) < 4.78 is 22.6. The topological polar surface area (TPSA) is 83.3 Å². The second kappa shape index (κ2) is 5.64. The summed E-state index contributed by atoms with van der Waals surface area (Å²) in [5.74, 6) is 1.49. The first-order valence-electron chi connectivity index (χ1n) is 3.56. The molecule has 0 aliphatic rings. The molecule has 0 aliphatic carbocycles. The number of hydrogen-bond donors (Lipinski definition) is 0. The van der Waals surface area contributed by atoms with Crippen molar-refractivity contribution in [2.75, 3.05) is 0 Å². The molecule has 0 unspecified atom stereocenters. The molecular weight excluding hydrogens is 213 g/mol. The molecule has 0 saturated heterocycles. The van der Waals surface area contributed by atoms with E-state index in [-0.39, 0.29) is 23.8 Å². The Morgan fingerprint density at radius 2 is 1.73 bits per heavy atom. The van der Waals surface area contributed by atoms with Gasteiger partial charge in [-0.2, -0.15) is 0 Å². The van der Waals surface area contributed by atoms with Crippen molar-refractivity contribution in [1.29, 1.82) is 0 Å². The van der Waals surface area contributed by atoms with Crippen molar-refractivity contribution in [3.05, 3.63) is 46.2 Å². The molecule has 0 atom stereocenters. The van der Waals surface area contributed by atoms with Crippen LogP contribution in [-0.4, -0.2) is 19.2 Å². The summed E-state index contributed by atoms with van der Waals surface area (Å²) >= 11 is 0. The van der Waals surface area contributed by atoms with Crippen LogP contribution in [0.4, 0.5) is 0 Å². The van der Waals surface area contributed by atoms with Gasteiger partial charge < -0.3 is 10.4 Å². The van der Waals surface area contributed by atoms with Crippen LogP contribution >= 0.6 is 0 Å². The largest absolute Gasteiger partial charge is 1.00 e. The van der Waals surface area contributed by atoms with Crippen LogP contribution in [-0.2, 0) is 9.84 Å². The Labute approximate surface area is 99.0 Å². The normalized spacial score (nSPS) is 9.60. The molecule has 0 saturated carbocycles. The molecule has 0 radical (unpaired) electrons. The fraction of sp³-hybridized carbons (Fsp3) is 0. The zero-order valence-corrected chi connectivity index (χ0v) is 8.77. The van der Waals surface area contributed by atoms with Crippen LogP contribution in [0.2, 0.25) is 0 Å². The molecule has 0 aliphatic heterocycles. The minimum Gasteiger partial charge on any atom is -0.603 e. The van der Waals surface area contributed by atoms with Gasteiger partial charge in [0.2, 0.25) is 15.7 Å². The minimum atomic E-state index is -3.73. The van der Waals surface area contributed by atoms with E-state index in [4.69, 9.17) is 0 Å². The third kappa shape index (κ3) is 4.24. The number of hydrogen-bond acceptors (Lipinski definition) is 4. The van der Waals surface area contributed by atoms with Crippen molar-refractivity contribution < 1.29 is 32.2 Å². The zero-order valence-electron chi connectivity index (χ0n) is 7.95. The van der Waals surface area contributed by atoms with Gasteiger partial charge in [-0.15, -0.1) is 4.90 Å². The molecule has 0 bridgehead atoms. The van der Waals surface area contributed by atoms with Gasteiger partial charge in [0, 0.05) is 0 Å². The fourth-order valence-corrected chi connectivity index (χ4v) is 1.69. The molecule has 5 nitrogen and oxygen atoms in total. The molecule has 1 aromatic carbocycles. The average Bonchev–Trinajstić information content (AvgIpc) is 2.16. The van der Waals surface area contributed by atoms with Gasteiger partial charge in [-0.1, -0.05) is 18.2 Å². The van der Waals surface area contributed by atoms with E-state index < -0.39 is 14.7 Å². The first-order valence-corrected chi connectivity index (χ1v) is 5.11. The second-order valence-electron chi connectivity index (χ2n) is 2.36. The molecule has 0 heterocycles. The van der Waals surface area contributed by atoms with Gasteiger partial charge in [0.15, 0.2) is 0 Å². The van der Waals surface area contributed by atoms with E-state index in [1.165, 1.54) is 30.1 Å². The molecule has 0 fully saturated rings. The molecule has 0 amide bonds. The minimum absolute atomic E-state index is 0. The van der Waals surface area contributed by atoms with Gasteiger partial charge in [0.25, 0.3) is 0 Å². The molecule has 1 rings (SSSR count). The molecule has 0 spiro atoms. The van der Waals surface area contributed by atoms with Gasteiger partial charge in [0.1, 0.15) is 5.41 Å². The van der Waals surface area contributed by atoms with Crippen molar-refractivity contribution in [2.24, 2.45) is 0 Å². The van der Waals surface area contributed by atoms with Crippen LogP contribution < -0.4 is 18.9 Å². The second-order valence-corrected chi connectivity index (χ2v) is 4.16. The van der Waals surface area contributed by atoms with E-state index >= 15 is 0 Å². The number of sulfone groups is 1. The Morgan fingerprint density at radius 1 is 1.20 bits per heavy atom. The van der Waals surface area contributed by atoms with E-state index in [1.54, 1.807) is 6.07 Å². The van der Waals surface area contributed by atoms with Gasteiger partial charge >= 0.3 is 18.9 Å². The predicted octanol–water partition coefficient (Wildman–Crippen LogP) is -2.34. The summed E-state index contributed by atoms with van der Waals surface area (Å²) in [5.41, 5.74) is 0. The summed E-state index contributed by atoms with van der Waals surface area (Å²) in [6, 6.07) is 7.43. The van der Waals surface area contributed by atoms with E-state index in [9.17, 15) is 18.8 Å². The summed E-state index contributed by atoms with van der Waals surface area (Å²) in [6.07, 6.45) is 0. The Hall–Kier alpha value is -1.18. The average molecular weight is 219 g/mol. The number of nitrogens with zero attached hydrogens (tertiary/aromatic N) is 1. The summed E-state index contributed by atoms with van der Waals surface area (Å²) in [7, 11) is -3.73. The molecule has 15 heavy (non-hydrogen) atoms. The first-order chi connectivity index (χ1) is 6.52. The van der Waals surface area contributed by atoms with Gasteiger partial charge in [0.05, 0.1) is 4.90 Å². The number of rotatable bonds is 2. The quantitative estimate of drug-likeness (QED) is 0.241. The number of benzene rings is 1. The summed E-state index contributed by atoms with van der Waals surface area (Å²) in [4.78, 5) is -0.935. The first kappa shape index (κ1) is 13.8. The van der Waals surface area contributed by atoms with Crippen molar-refractivity contribution in [1.82, 2.24) is 0 Å². The van der Waals surface area contributed by atoms with Crippen LogP contribution in [0.1, 0.15) is 0 Å². The molecule has 74 valence electrons. The van der Waals surface area contributed by atoms with Crippen LogP contribution in [0.5, 0.6) is 0 Å². The SMILES string of the molecule is O=S(=O)(C=C=[N+]([O-])[O-])c1ccccc1.[Li+]. The Bertz CT molecular complexity index is 473. The van der Waals surface area contributed by atoms with E-state index in [0.717, 1.165) is 0 Å². The van der Waals surface area contributed by atoms with Gasteiger partial charge in [-0.3, -0.25) is 0 Å². The molecule has 0 N–H and O–H groups in total. The maximum atomic E-state index is 11.3. The van der Waals surface area contributed by atoms with E-state index in [0.29, 0.717) is 5.41 Å². The molecule has 0 aromatic heterocycles. The third-order valence-corrected chi connectivity index (χ3v) is 2.73. The van der Waals surface area contributed by atoms with Crippen LogP contribution in [0.15, 0.2) is 40.6 Å². The van der Waals surface area contributed by atoms with Crippen LogP contribution in [0.25, 0.3) is 0 Å². The summed E-state index contributed by atoms with van der Waals surface area (Å²) in [6.45, 7) is 0. The fourth-order valence-electron chi connectivity index (χ4n) is 0.791. The monoisotopic (exact) mass is 219 g/mol. The molecule has 7 heteroatoms.